The minimum absolute atomic E-state index is 0.0327. The third kappa shape index (κ3) is 3.52. The second-order valence-electron chi connectivity index (χ2n) is 13.7. The van der Waals surface area contributed by atoms with E-state index in [1.165, 1.54) is 5.56 Å². The maximum atomic E-state index is 17.5. The molecule has 4 aliphatic rings. The number of hydrogen-bond donors (Lipinski definition) is 3. The topological polar surface area (TPSA) is 90.1 Å². The van der Waals surface area contributed by atoms with Crippen molar-refractivity contribution in [3.8, 4) is 0 Å². The van der Waals surface area contributed by atoms with E-state index < -0.39 is 52.4 Å². The van der Waals surface area contributed by atoms with Crippen LogP contribution in [0.4, 0.5) is 10.1 Å². The summed E-state index contributed by atoms with van der Waals surface area (Å²) in [6.07, 6.45) is 5.96. The number of aliphatic hydroxyl groups excluding tert-OH is 2. The number of rotatable bonds is 3. The van der Waals surface area contributed by atoms with Crippen LogP contribution in [0.2, 0.25) is 0 Å². The van der Waals surface area contributed by atoms with Gasteiger partial charge in [-0.3, -0.25) is 4.79 Å². The lowest BCUT2D eigenvalue weighted by Crippen LogP contribution is -2.69. The number of hydrogen-bond acceptors (Lipinski definition) is 5. The zero-order chi connectivity index (χ0) is 27.9. The van der Waals surface area contributed by atoms with Crippen molar-refractivity contribution in [2.45, 2.75) is 90.0 Å². The third-order valence-electron chi connectivity index (χ3n) is 10.8. The summed E-state index contributed by atoms with van der Waals surface area (Å²) in [6.45, 7) is 11.2. The average molecular weight is 524 g/mol. The first-order valence-corrected chi connectivity index (χ1v) is 14.0. The van der Waals surface area contributed by atoms with Gasteiger partial charge in [0.2, 0.25) is 0 Å². The molecular weight excluding hydrogens is 481 g/mol. The Bertz CT molecular complexity index is 1230. The van der Waals surface area contributed by atoms with Crippen molar-refractivity contribution in [1.82, 2.24) is 0 Å². The molecule has 0 saturated heterocycles. The molecule has 4 aliphatic carbocycles. The summed E-state index contributed by atoms with van der Waals surface area (Å²) in [5, 5.41) is 32.8. The molecule has 0 spiro atoms. The van der Waals surface area contributed by atoms with Crippen molar-refractivity contribution < 1.29 is 24.5 Å². The van der Waals surface area contributed by atoms with Crippen LogP contribution in [-0.2, 0) is 10.2 Å². The Morgan fingerprint density at radius 1 is 1.16 bits per heavy atom. The van der Waals surface area contributed by atoms with Crippen LogP contribution in [0.3, 0.4) is 0 Å². The molecule has 0 aliphatic heterocycles. The number of carbonyl (C=O) groups excluding carboxylic acids is 1. The van der Waals surface area contributed by atoms with Crippen LogP contribution in [0, 0.1) is 28.6 Å². The fourth-order valence-corrected chi connectivity index (χ4v) is 8.53. The van der Waals surface area contributed by atoms with Gasteiger partial charge in [0.1, 0.15) is 12.2 Å². The zero-order valence-electron chi connectivity index (χ0n) is 23.5. The highest BCUT2D eigenvalue weighted by Gasteiger charge is 2.75. The Morgan fingerprint density at radius 3 is 2.42 bits per heavy atom. The summed E-state index contributed by atoms with van der Waals surface area (Å²) >= 11 is 0. The molecule has 3 N–H and O–H groups in total. The van der Waals surface area contributed by atoms with E-state index in [4.69, 9.17) is 4.99 Å². The van der Waals surface area contributed by atoms with Gasteiger partial charge >= 0.3 is 0 Å². The van der Waals surface area contributed by atoms with Crippen LogP contribution < -0.4 is 0 Å². The minimum Gasteiger partial charge on any atom is -0.390 e. The number of benzene rings is 1. The first-order chi connectivity index (χ1) is 17.6. The number of allylic oxidation sites excluding steroid dienone is 4. The van der Waals surface area contributed by atoms with Gasteiger partial charge in [-0.05, 0) is 79.7 Å². The molecule has 0 unspecified atom stereocenters. The van der Waals surface area contributed by atoms with E-state index in [-0.39, 0.29) is 17.8 Å². The second-order valence-corrected chi connectivity index (χ2v) is 13.7. The third-order valence-corrected chi connectivity index (χ3v) is 10.8. The average Bonchev–Trinajstić information content (AvgIpc) is 3.06. The Labute approximate surface area is 225 Å². The van der Waals surface area contributed by atoms with Gasteiger partial charge in [0.05, 0.1) is 17.5 Å². The molecule has 0 amide bonds. The fraction of sp³-hybridized carbons (Fsp3) is 0.625. The molecule has 38 heavy (non-hydrogen) atoms. The summed E-state index contributed by atoms with van der Waals surface area (Å²) < 4.78 is 17.5. The highest BCUT2D eigenvalue weighted by molar-refractivity contribution is 6.07. The van der Waals surface area contributed by atoms with E-state index in [0.29, 0.717) is 19.3 Å². The van der Waals surface area contributed by atoms with Crippen LogP contribution in [0.5, 0.6) is 0 Å². The maximum Gasteiger partial charge on any atom is 0.190 e. The monoisotopic (exact) mass is 523 g/mol. The van der Waals surface area contributed by atoms with Crippen LogP contribution in [0.15, 0.2) is 53.1 Å². The van der Waals surface area contributed by atoms with Crippen molar-refractivity contribution in [2.75, 3.05) is 6.61 Å². The molecule has 1 aromatic carbocycles. The molecule has 1 aromatic rings. The number of ketones is 1. The number of alkyl halides is 1. The molecule has 0 heterocycles. The molecule has 3 fully saturated rings. The van der Waals surface area contributed by atoms with Gasteiger partial charge < -0.3 is 15.3 Å². The van der Waals surface area contributed by atoms with Crippen LogP contribution in [-0.4, -0.2) is 50.8 Å². The molecule has 3 saturated carbocycles. The van der Waals surface area contributed by atoms with E-state index >= 15 is 4.39 Å². The minimum atomic E-state index is -1.94. The molecular formula is C32H42FNO4. The summed E-state index contributed by atoms with van der Waals surface area (Å²) in [7, 11) is 0. The van der Waals surface area contributed by atoms with Crippen molar-refractivity contribution >= 4 is 17.2 Å². The molecule has 8 atom stereocenters. The number of nitrogens with zero attached hydrogens (tertiary/aromatic N) is 1. The van der Waals surface area contributed by atoms with E-state index in [1.54, 1.807) is 13.8 Å². The SMILES string of the molecule is C[C@@H]1C[C@H]2[C@@H]3CCC4=C/C(=N\c5ccc(C(C)(C)C)cc5)C=C[C@]4(C)[C@@]3(F)[C@@H](O)C[C@]2(C)[C@@]1(O)C(=O)CO. The van der Waals surface area contributed by atoms with Crippen molar-refractivity contribution in [3.05, 3.63) is 53.6 Å². The van der Waals surface area contributed by atoms with Crippen LogP contribution >= 0.6 is 0 Å². The lowest BCUT2D eigenvalue weighted by Gasteiger charge is -2.62. The predicted octanol–water partition coefficient (Wildman–Crippen LogP) is 5.40. The number of fused-ring (bicyclic) bond motifs is 5. The Hall–Kier alpha value is -2.15. The van der Waals surface area contributed by atoms with E-state index in [9.17, 15) is 20.1 Å². The number of aliphatic imine (C=N–C) groups is 1. The molecule has 5 rings (SSSR count). The van der Waals surface area contributed by atoms with E-state index in [1.807, 2.05) is 37.3 Å². The molecule has 0 aromatic heterocycles. The lowest BCUT2D eigenvalue weighted by molar-refractivity contribution is -0.219. The van der Waals surface area contributed by atoms with Gasteiger partial charge in [0, 0.05) is 16.7 Å². The predicted molar refractivity (Wildman–Crippen MR) is 147 cm³/mol. The Morgan fingerprint density at radius 2 is 1.82 bits per heavy atom. The zero-order valence-corrected chi connectivity index (χ0v) is 23.5. The van der Waals surface area contributed by atoms with Gasteiger partial charge in [-0.2, -0.15) is 0 Å². The molecule has 206 valence electrons. The number of halogens is 1. The summed E-state index contributed by atoms with van der Waals surface area (Å²) in [5.74, 6) is -1.86. The van der Waals surface area contributed by atoms with Gasteiger partial charge in [-0.1, -0.05) is 58.4 Å². The largest absolute Gasteiger partial charge is 0.390 e. The number of Topliss-reactive ketones (excluding diaryl/α,β-unsaturated/α-hetero) is 1. The van der Waals surface area contributed by atoms with Crippen LogP contribution in [0.1, 0.15) is 72.8 Å². The summed E-state index contributed by atoms with van der Waals surface area (Å²) in [4.78, 5) is 17.6. The van der Waals surface area contributed by atoms with Gasteiger partial charge in [0.15, 0.2) is 11.5 Å². The fourth-order valence-electron chi connectivity index (χ4n) is 8.53. The smallest absolute Gasteiger partial charge is 0.190 e. The highest BCUT2D eigenvalue weighted by Crippen LogP contribution is 2.70. The van der Waals surface area contributed by atoms with Crippen molar-refractivity contribution in [1.29, 1.82) is 0 Å². The number of carbonyl (C=O) groups is 1. The second kappa shape index (κ2) is 8.67. The normalized spacial score (nSPS) is 43.3. The molecule has 5 nitrogen and oxygen atoms in total. The van der Waals surface area contributed by atoms with E-state index in [0.717, 1.165) is 17.0 Å². The van der Waals surface area contributed by atoms with Crippen molar-refractivity contribution in [3.63, 3.8) is 0 Å². The van der Waals surface area contributed by atoms with E-state index in [2.05, 4.69) is 32.9 Å². The van der Waals surface area contributed by atoms with Gasteiger partial charge in [0.25, 0.3) is 0 Å². The quantitative estimate of drug-likeness (QED) is 0.495. The summed E-state index contributed by atoms with van der Waals surface area (Å²) in [5.41, 5.74) is -1.94. The number of aliphatic hydroxyl groups is 3. The van der Waals surface area contributed by atoms with Crippen molar-refractivity contribution in [2.24, 2.45) is 33.6 Å². The molecule has 6 heteroatoms. The van der Waals surface area contributed by atoms with Gasteiger partial charge in [-0.25, -0.2) is 9.38 Å². The Balaban J connectivity index is 1.48. The highest BCUT2D eigenvalue weighted by atomic mass is 19.1. The summed E-state index contributed by atoms with van der Waals surface area (Å²) in [6, 6.07) is 8.18. The van der Waals surface area contributed by atoms with Gasteiger partial charge in [-0.15, -0.1) is 0 Å². The first kappa shape index (κ1) is 27.4. The Kier molecular flexibility index (Phi) is 6.26. The molecule has 0 bridgehead atoms. The first-order valence-electron chi connectivity index (χ1n) is 14.0. The molecule has 0 radical (unpaired) electrons. The maximum absolute atomic E-state index is 17.5. The lowest BCUT2D eigenvalue weighted by atomic mass is 9.44. The van der Waals surface area contributed by atoms with Crippen LogP contribution in [0.25, 0.3) is 0 Å². The standard InChI is InChI=1S/C32H42FNO4/c1-19-15-25-24-12-9-21-16-23(34-22-10-7-20(8-11-22)28(2,3)4)13-14-29(21,5)31(24,33)26(36)17-30(25,6)32(19,38)27(37)18-35/h7-8,10-11,13-14,16,19,24-26,35-36,38H,9,12,15,17-18H2,1-6H3/b34-23-/t19-,24+,25+,26+,29+,30+,31+,32+/m1/s1.